The SMILES string of the molecule is CC[C@H](C(=O)NC)N(Cc1ccc(F)cc1)C(=O)COc1cccc(C)c1. The van der Waals surface area contributed by atoms with Crippen molar-refractivity contribution in [2.24, 2.45) is 0 Å². The number of ether oxygens (including phenoxy) is 1. The number of aryl methyl sites for hydroxylation is 1. The molecule has 6 heteroatoms. The molecule has 0 heterocycles. The maximum Gasteiger partial charge on any atom is 0.261 e. The van der Waals surface area contributed by atoms with E-state index in [1.54, 1.807) is 18.2 Å². The first-order valence-electron chi connectivity index (χ1n) is 8.89. The smallest absolute Gasteiger partial charge is 0.261 e. The maximum atomic E-state index is 13.2. The molecule has 0 aliphatic carbocycles. The van der Waals surface area contributed by atoms with Crippen molar-refractivity contribution in [3.05, 3.63) is 65.5 Å². The summed E-state index contributed by atoms with van der Waals surface area (Å²) >= 11 is 0. The van der Waals surface area contributed by atoms with Crippen LogP contribution in [0.15, 0.2) is 48.5 Å². The predicted octanol–water partition coefficient (Wildman–Crippen LogP) is 3.07. The average Bonchev–Trinajstić information content (AvgIpc) is 2.67. The number of rotatable bonds is 8. The molecule has 0 spiro atoms. The lowest BCUT2D eigenvalue weighted by molar-refractivity contribution is -0.142. The zero-order chi connectivity index (χ0) is 19.8. The lowest BCUT2D eigenvalue weighted by Gasteiger charge is -2.30. The largest absolute Gasteiger partial charge is 0.484 e. The number of amides is 2. The summed E-state index contributed by atoms with van der Waals surface area (Å²) in [5.74, 6) is -0.310. The van der Waals surface area contributed by atoms with Crippen LogP contribution in [0.4, 0.5) is 4.39 Å². The van der Waals surface area contributed by atoms with Crippen molar-refractivity contribution in [3.63, 3.8) is 0 Å². The zero-order valence-electron chi connectivity index (χ0n) is 15.9. The molecule has 0 unspecified atom stereocenters. The van der Waals surface area contributed by atoms with Crippen molar-refractivity contribution in [2.45, 2.75) is 32.9 Å². The summed E-state index contributed by atoms with van der Waals surface area (Å²) in [6, 6.07) is 12.7. The van der Waals surface area contributed by atoms with Gasteiger partial charge in [0.1, 0.15) is 17.6 Å². The molecule has 0 bridgehead atoms. The number of benzene rings is 2. The van der Waals surface area contributed by atoms with Crippen LogP contribution in [0.25, 0.3) is 0 Å². The molecule has 0 saturated carbocycles. The fourth-order valence-electron chi connectivity index (χ4n) is 2.81. The molecular formula is C21H25FN2O3. The molecule has 0 aromatic heterocycles. The Kier molecular flexibility index (Phi) is 7.34. The van der Waals surface area contributed by atoms with E-state index < -0.39 is 6.04 Å². The third-order valence-electron chi connectivity index (χ3n) is 4.25. The van der Waals surface area contributed by atoms with Crippen molar-refractivity contribution >= 4 is 11.8 Å². The van der Waals surface area contributed by atoms with Gasteiger partial charge in [-0.05, 0) is 48.7 Å². The quantitative estimate of drug-likeness (QED) is 0.775. The van der Waals surface area contributed by atoms with Crippen LogP contribution in [0.1, 0.15) is 24.5 Å². The van der Waals surface area contributed by atoms with Crippen LogP contribution in [-0.4, -0.2) is 36.4 Å². The van der Waals surface area contributed by atoms with E-state index in [9.17, 15) is 14.0 Å². The summed E-state index contributed by atoms with van der Waals surface area (Å²) in [4.78, 5) is 26.6. The molecular weight excluding hydrogens is 347 g/mol. The summed E-state index contributed by atoms with van der Waals surface area (Å²) in [6.07, 6.45) is 0.455. The Balaban J connectivity index is 2.17. The van der Waals surface area contributed by atoms with Gasteiger partial charge in [-0.15, -0.1) is 0 Å². The van der Waals surface area contributed by atoms with Gasteiger partial charge in [0.2, 0.25) is 5.91 Å². The molecule has 2 amide bonds. The number of carbonyl (C=O) groups is 2. The minimum atomic E-state index is -0.631. The highest BCUT2D eigenvalue weighted by Crippen LogP contribution is 2.15. The second-order valence-electron chi connectivity index (χ2n) is 6.29. The molecule has 0 saturated heterocycles. The molecule has 2 aromatic carbocycles. The van der Waals surface area contributed by atoms with E-state index in [0.29, 0.717) is 12.2 Å². The third-order valence-corrected chi connectivity index (χ3v) is 4.25. The summed E-state index contributed by atoms with van der Waals surface area (Å²) in [5.41, 5.74) is 1.77. The molecule has 1 N–H and O–H groups in total. The molecule has 2 rings (SSSR count). The van der Waals surface area contributed by atoms with Crippen LogP contribution < -0.4 is 10.1 Å². The normalized spacial score (nSPS) is 11.6. The minimum absolute atomic E-state index is 0.182. The monoisotopic (exact) mass is 372 g/mol. The Hall–Kier alpha value is -2.89. The first-order chi connectivity index (χ1) is 12.9. The van der Waals surface area contributed by atoms with E-state index >= 15 is 0 Å². The van der Waals surface area contributed by atoms with Crippen molar-refractivity contribution in [3.8, 4) is 5.75 Å². The lowest BCUT2D eigenvalue weighted by Crippen LogP contribution is -2.49. The molecule has 2 aromatic rings. The number of nitrogens with one attached hydrogen (secondary N) is 1. The first kappa shape index (κ1) is 20.4. The molecule has 0 fully saturated rings. The third kappa shape index (κ3) is 5.81. The highest BCUT2D eigenvalue weighted by molar-refractivity contribution is 5.88. The van der Waals surface area contributed by atoms with Crippen LogP contribution >= 0.6 is 0 Å². The molecule has 5 nitrogen and oxygen atoms in total. The van der Waals surface area contributed by atoms with E-state index in [4.69, 9.17) is 4.74 Å². The fraction of sp³-hybridized carbons (Fsp3) is 0.333. The Morgan fingerprint density at radius 1 is 1.19 bits per heavy atom. The van der Waals surface area contributed by atoms with Gasteiger partial charge in [0.15, 0.2) is 6.61 Å². The standard InChI is InChI=1S/C21H25FN2O3/c1-4-19(21(26)23-3)24(13-16-8-10-17(22)11-9-16)20(25)14-27-18-7-5-6-15(2)12-18/h5-12,19H,4,13-14H2,1-3H3,(H,23,26)/t19-/m1/s1. The number of likely N-dealkylation sites (N-methyl/N-ethyl adjacent to an activating group) is 1. The number of hydrogen-bond donors (Lipinski definition) is 1. The maximum absolute atomic E-state index is 13.2. The molecule has 27 heavy (non-hydrogen) atoms. The topological polar surface area (TPSA) is 58.6 Å². The molecule has 144 valence electrons. The molecule has 0 aliphatic rings. The van der Waals surface area contributed by atoms with Gasteiger partial charge in [0.25, 0.3) is 5.91 Å². The van der Waals surface area contributed by atoms with E-state index in [1.807, 2.05) is 32.0 Å². The summed E-state index contributed by atoms with van der Waals surface area (Å²) in [5, 5.41) is 2.59. The van der Waals surface area contributed by atoms with Crippen molar-refractivity contribution < 1.29 is 18.7 Å². The van der Waals surface area contributed by atoms with Gasteiger partial charge < -0.3 is 15.0 Å². The average molecular weight is 372 g/mol. The second-order valence-corrected chi connectivity index (χ2v) is 6.29. The number of carbonyl (C=O) groups excluding carboxylic acids is 2. The zero-order valence-corrected chi connectivity index (χ0v) is 15.9. The lowest BCUT2D eigenvalue weighted by atomic mass is 10.1. The van der Waals surface area contributed by atoms with Crippen molar-refractivity contribution in [2.75, 3.05) is 13.7 Å². The van der Waals surface area contributed by atoms with Gasteiger partial charge in [0, 0.05) is 13.6 Å². The van der Waals surface area contributed by atoms with Crippen LogP contribution in [0.2, 0.25) is 0 Å². The van der Waals surface area contributed by atoms with Crippen LogP contribution in [-0.2, 0) is 16.1 Å². The second kappa shape index (κ2) is 9.71. The van der Waals surface area contributed by atoms with E-state index in [0.717, 1.165) is 11.1 Å². The van der Waals surface area contributed by atoms with Crippen LogP contribution in [0, 0.1) is 12.7 Å². The molecule has 1 atom stereocenters. The number of halogens is 1. The van der Waals surface area contributed by atoms with Gasteiger partial charge in [-0.1, -0.05) is 31.2 Å². The molecule has 0 aliphatic heterocycles. The van der Waals surface area contributed by atoms with Crippen molar-refractivity contribution in [1.29, 1.82) is 0 Å². The Bertz CT molecular complexity index is 777. The van der Waals surface area contributed by atoms with Gasteiger partial charge in [-0.3, -0.25) is 9.59 Å². The van der Waals surface area contributed by atoms with E-state index in [2.05, 4.69) is 5.32 Å². The van der Waals surface area contributed by atoms with E-state index in [1.165, 1.54) is 24.1 Å². The first-order valence-corrected chi connectivity index (χ1v) is 8.89. The van der Waals surface area contributed by atoms with Crippen LogP contribution in [0.5, 0.6) is 5.75 Å². The van der Waals surface area contributed by atoms with Crippen LogP contribution in [0.3, 0.4) is 0 Å². The Morgan fingerprint density at radius 3 is 2.48 bits per heavy atom. The predicted molar refractivity (Wildman–Crippen MR) is 102 cm³/mol. The van der Waals surface area contributed by atoms with E-state index in [-0.39, 0.29) is 30.8 Å². The fourth-order valence-corrected chi connectivity index (χ4v) is 2.81. The van der Waals surface area contributed by atoms with Gasteiger partial charge in [-0.25, -0.2) is 4.39 Å². The summed E-state index contributed by atoms with van der Waals surface area (Å²) in [6.45, 7) is 3.79. The van der Waals surface area contributed by atoms with Crippen molar-refractivity contribution in [1.82, 2.24) is 10.2 Å². The number of hydrogen-bond acceptors (Lipinski definition) is 3. The minimum Gasteiger partial charge on any atom is -0.484 e. The Morgan fingerprint density at radius 2 is 1.89 bits per heavy atom. The highest BCUT2D eigenvalue weighted by Gasteiger charge is 2.28. The highest BCUT2D eigenvalue weighted by atomic mass is 19.1. The summed E-state index contributed by atoms with van der Waals surface area (Å²) in [7, 11) is 1.54. The van der Waals surface area contributed by atoms with Gasteiger partial charge >= 0.3 is 0 Å². The van der Waals surface area contributed by atoms with Gasteiger partial charge in [-0.2, -0.15) is 0 Å². The van der Waals surface area contributed by atoms with Gasteiger partial charge in [0.05, 0.1) is 0 Å². The number of nitrogens with zero attached hydrogens (tertiary/aromatic N) is 1. The molecule has 0 radical (unpaired) electrons. The Labute approximate surface area is 159 Å². The summed E-state index contributed by atoms with van der Waals surface area (Å²) < 4.78 is 18.8.